The van der Waals surface area contributed by atoms with Gasteiger partial charge in [-0.2, -0.15) is 0 Å². The largest absolute Gasteiger partial charge is 0.508 e. The number of amides is 1. The quantitative estimate of drug-likeness (QED) is 0.175. The first-order valence-corrected chi connectivity index (χ1v) is 7.33. The number of nitrogens with zero attached hydrogens (tertiary/aromatic N) is 1. The van der Waals surface area contributed by atoms with E-state index in [1.165, 1.54) is 25.3 Å². The number of esters is 1. The Labute approximate surface area is 140 Å². The van der Waals surface area contributed by atoms with E-state index >= 15 is 0 Å². The van der Waals surface area contributed by atoms with Crippen LogP contribution in [0.1, 0.15) is 18.4 Å². The van der Waals surface area contributed by atoms with E-state index < -0.39 is 17.9 Å². The normalized spacial score (nSPS) is 11.7. The predicted molar refractivity (Wildman–Crippen MR) is 91.0 cm³/mol. The van der Waals surface area contributed by atoms with Gasteiger partial charge in [0.25, 0.3) is 0 Å². The van der Waals surface area contributed by atoms with Crippen LogP contribution in [-0.2, 0) is 14.3 Å². The van der Waals surface area contributed by atoms with Gasteiger partial charge in [0.15, 0.2) is 5.96 Å². The molecule has 0 radical (unpaired) electrons. The zero-order valence-corrected chi connectivity index (χ0v) is 13.4. The molecule has 1 atom stereocenters. The van der Waals surface area contributed by atoms with Crippen LogP contribution in [0.3, 0.4) is 0 Å². The second-order valence-electron chi connectivity index (χ2n) is 4.96. The molecule has 0 bridgehead atoms. The smallest absolute Gasteiger partial charge is 0.328 e. The summed E-state index contributed by atoms with van der Waals surface area (Å²) in [6, 6.07) is 5.57. The van der Waals surface area contributed by atoms with Gasteiger partial charge in [-0.15, -0.1) is 0 Å². The van der Waals surface area contributed by atoms with E-state index in [9.17, 15) is 14.7 Å². The van der Waals surface area contributed by atoms with Gasteiger partial charge >= 0.3 is 5.97 Å². The fourth-order valence-corrected chi connectivity index (χ4v) is 1.87. The monoisotopic (exact) mass is 334 g/mol. The van der Waals surface area contributed by atoms with E-state index in [1.54, 1.807) is 18.2 Å². The maximum absolute atomic E-state index is 11.9. The number of nitrogens with one attached hydrogen (secondary N) is 1. The third kappa shape index (κ3) is 7.30. The molecule has 0 aliphatic heterocycles. The molecule has 0 aromatic heterocycles. The van der Waals surface area contributed by atoms with E-state index in [0.717, 1.165) is 5.56 Å². The molecule has 0 aliphatic carbocycles. The van der Waals surface area contributed by atoms with Gasteiger partial charge in [-0.05, 0) is 36.6 Å². The Hall–Kier alpha value is -3.03. The van der Waals surface area contributed by atoms with Gasteiger partial charge in [0.05, 0.1) is 7.11 Å². The molecule has 0 saturated heterocycles. The van der Waals surface area contributed by atoms with Crippen LogP contribution < -0.4 is 16.8 Å². The van der Waals surface area contributed by atoms with Crippen molar-refractivity contribution in [3.63, 3.8) is 0 Å². The average Bonchev–Trinajstić information content (AvgIpc) is 2.56. The lowest BCUT2D eigenvalue weighted by Crippen LogP contribution is -2.40. The molecule has 130 valence electrons. The number of hydrogen-bond acceptors (Lipinski definition) is 5. The predicted octanol–water partition coefficient (Wildman–Crippen LogP) is 0.117. The first-order chi connectivity index (χ1) is 11.4. The topological polar surface area (TPSA) is 140 Å². The lowest BCUT2D eigenvalue weighted by molar-refractivity contribution is -0.144. The number of phenolic OH excluding ortho intramolecular Hbond substituents is 1. The van der Waals surface area contributed by atoms with Crippen LogP contribution in [0.25, 0.3) is 6.08 Å². The van der Waals surface area contributed by atoms with Crippen molar-refractivity contribution >= 4 is 23.9 Å². The molecule has 24 heavy (non-hydrogen) atoms. The van der Waals surface area contributed by atoms with E-state index in [2.05, 4.69) is 15.0 Å². The molecule has 0 heterocycles. The van der Waals surface area contributed by atoms with Crippen molar-refractivity contribution in [2.24, 2.45) is 16.5 Å². The second kappa shape index (κ2) is 9.88. The third-order valence-corrected chi connectivity index (χ3v) is 3.07. The van der Waals surface area contributed by atoms with Crippen molar-refractivity contribution < 1.29 is 19.4 Å². The summed E-state index contributed by atoms with van der Waals surface area (Å²) in [6.45, 7) is 0.356. The van der Waals surface area contributed by atoms with Crippen LogP contribution in [0.4, 0.5) is 0 Å². The van der Waals surface area contributed by atoms with Crippen molar-refractivity contribution in [1.29, 1.82) is 0 Å². The summed E-state index contributed by atoms with van der Waals surface area (Å²) in [5, 5.41) is 11.8. The number of aliphatic imine (C=N–C) groups is 1. The van der Waals surface area contributed by atoms with Crippen molar-refractivity contribution in [2.45, 2.75) is 18.9 Å². The van der Waals surface area contributed by atoms with Crippen LogP contribution in [-0.4, -0.2) is 42.6 Å². The Kier molecular flexibility index (Phi) is 7.83. The number of benzene rings is 1. The molecule has 0 unspecified atom stereocenters. The Bertz CT molecular complexity index is 607. The molecule has 1 amide bonds. The lowest BCUT2D eigenvalue weighted by atomic mass is 10.1. The Morgan fingerprint density at radius 3 is 2.58 bits per heavy atom. The van der Waals surface area contributed by atoms with Crippen molar-refractivity contribution in [3.05, 3.63) is 35.9 Å². The molecule has 6 N–H and O–H groups in total. The van der Waals surface area contributed by atoms with Gasteiger partial charge in [-0.25, -0.2) is 4.79 Å². The number of hydrogen-bond donors (Lipinski definition) is 4. The first-order valence-electron chi connectivity index (χ1n) is 7.33. The van der Waals surface area contributed by atoms with E-state index in [1.807, 2.05) is 0 Å². The van der Waals surface area contributed by atoms with Crippen LogP contribution in [0.5, 0.6) is 5.75 Å². The van der Waals surface area contributed by atoms with E-state index in [4.69, 9.17) is 11.5 Å². The molecule has 1 aromatic carbocycles. The van der Waals surface area contributed by atoms with Gasteiger partial charge in [0, 0.05) is 12.6 Å². The summed E-state index contributed by atoms with van der Waals surface area (Å²) in [5.74, 6) is -0.847. The summed E-state index contributed by atoms with van der Waals surface area (Å²) in [5.41, 5.74) is 11.2. The molecular formula is C16H22N4O4. The minimum absolute atomic E-state index is 0.0227. The number of nitrogens with two attached hydrogens (primary N) is 2. The number of rotatable bonds is 8. The first kappa shape index (κ1) is 19.0. The fraction of sp³-hybridized carbons (Fsp3) is 0.312. The summed E-state index contributed by atoms with van der Waals surface area (Å²) in [6.07, 6.45) is 3.74. The minimum Gasteiger partial charge on any atom is -0.508 e. The summed E-state index contributed by atoms with van der Waals surface area (Å²) < 4.78 is 4.68. The number of ether oxygens (including phenoxy) is 1. The van der Waals surface area contributed by atoms with E-state index in [0.29, 0.717) is 19.4 Å². The Morgan fingerprint density at radius 2 is 2.00 bits per heavy atom. The van der Waals surface area contributed by atoms with Gasteiger partial charge < -0.3 is 26.6 Å². The van der Waals surface area contributed by atoms with Crippen LogP contribution in [0.2, 0.25) is 0 Å². The maximum atomic E-state index is 11.9. The standard InChI is InChI=1S/C16H22N4O4/c1-24-15(23)13(3-2-10-19-16(17)18)20-14(22)9-6-11-4-7-12(21)8-5-11/h4-9,13,21H,2-3,10H2,1H3,(H,20,22)(H4,17,18,19)/b9-6-/t13-/m0/s1. The molecule has 0 aliphatic rings. The number of phenols is 1. The highest BCUT2D eigenvalue weighted by Gasteiger charge is 2.19. The second-order valence-corrected chi connectivity index (χ2v) is 4.96. The zero-order chi connectivity index (χ0) is 17.9. The van der Waals surface area contributed by atoms with Crippen LogP contribution >= 0.6 is 0 Å². The molecule has 0 spiro atoms. The lowest BCUT2D eigenvalue weighted by Gasteiger charge is -2.14. The molecule has 0 saturated carbocycles. The minimum atomic E-state index is -0.777. The molecule has 0 fully saturated rings. The SMILES string of the molecule is COC(=O)[C@H](CCCN=C(N)N)NC(=O)/C=C\c1ccc(O)cc1. The van der Waals surface area contributed by atoms with Crippen LogP contribution in [0, 0.1) is 0 Å². The maximum Gasteiger partial charge on any atom is 0.328 e. The van der Waals surface area contributed by atoms with Crippen molar-refractivity contribution in [1.82, 2.24) is 5.32 Å². The van der Waals surface area contributed by atoms with Crippen molar-refractivity contribution in [3.8, 4) is 5.75 Å². The van der Waals surface area contributed by atoms with E-state index in [-0.39, 0.29) is 11.7 Å². The highest BCUT2D eigenvalue weighted by atomic mass is 16.5. The average molecular weight is 334 g/mol. The van der Waals surface area contributed by atoms with Gasteiger partial charge in [0.2, 0.25) is 5.91 Å². The number of aromatic hydroxyl groups is 1. The Balaban J connectivity index is 2.58. The molecule has 1 rings (SSSR count). The Morgan fingerprint density at radius 1 is 1.33 bits per heavy atom. The number of methoxy groups -OCH3 is 1. The van der Waals surface area contributed by atoms with Gasteiger partial charge in [-0.1, -0.05) is 12.1 Å². The summed E-state index contributed by atoms with van der Waals surface area (Å²) >= 11 is 0. The van der Waals surface area contributed by atoms with Gasteiger partial charge in [0.1, 0.15) is 11.8 Å². The molecule has 1 aromatic rings. The van der Waals surface area contributed by atoms with Crippen LogP contribution in [0.15, 0.2) is 35.3 Å². The fourth-order valence-electron chi connectivity index (χ4n) is 1.87. The zero-order valence-electron chi connectivity index (χ0n) is 13.4. The highest BCUT2D eigenvalue weighted by molar-refractivity contribution is 5.94. The van der Waals surface area contributed by atoms with Crippen molar-refractivity contribution in [2.75, 3.05) is 13.7 Å². The third-order valence-electron chi connectivity index (χ3n) is 3.07. The number of guanidine groups is 1. The molecule has 8 heteroatoms. The molecule has 8 nitrogen and oxygen atoms in total. The summed E-state index contributed by atoms with van der Waals surface area (Å²) in [4.78, 5) is 27.5. The number of carbonyl (C=O) groups excluding carboxylic acids is 2. The van der Waals surface area contributed by atoms with Gasteiger partial charge in [-0.3, -0.25) is 9.79 Å². The summed E-state index contributed by atoms with van der Waals surface area (Å²) in [7, 11) is 1.25. The number of carbonyl (C=O) groups is 2. The molecular weight excluding hydrogens is 312 g/mol. The highest BCUT2D eigenvalue weighted by Crippen LogP contribution is 2.10.